The molecule has 4 fully saturated rings. The Hall–Kier alpha value is -5.19. The maximum atomic E-state index is 5.38. The largest absolute Gasteiger partial charge is 0.208 e. The first-order chi connectivity index (χ1) is 25.2. The van der Waals surface area contributed by atoms with Crippen LogP contribution in [0, 0.1) is 23.7 Å². The third kappa shape index (κ3) is 3.92. The van der Waals surface area contributed by atoms with Gasteiger partial charge in [0, 0.05) is 42.3 Å². The van der Waals surface area contributed by atoms with Gasteiger partial charge in [-0.15, -0.1) is 11.3 Å². The van der Waals surface area contributed by atoms with E-state index in [9.17, 15) is 0 Å². The minimum Gasteiger partial charge on any atom is -0.208 e. The SMILES string of the molecule is c1ccc(-c2nc(-c3ccc4c(c3)sc3ccccc34)nc(-c3cccc4c3-c3ccc5ccccc5c3C43C4CC5CC(C4)CC3C5)n2)cc1. The fourth-order valence-corrected chi connectivity index (χ4v) is 12.6. The monoisotopic (exact) mass is 673 g/mol. The molecular formula is C47H35N3S. The van der Waals surface area contributed by atoms with Gasteiger partial charge in [0.05, 0.1) is 0 Å². The average molecular weight is 674 g/mol. The molecule has 0 amide bonds. The van der Waals surface area contributed by atoms with Gasteiger partial charge in [-0.3, -0.25) is 0 Å². The van der Waals surface area contributed by atoms with E-state index < -0.39 is 0 Å². The van der Waals surface area contributed by atoms with E-state index in [1.165, 1.54) is 79.7 Å². The summed E-state index contributed by atoms with van der Waals surface area (Å²) in [5.41, 5.74) is 9.04. The molecule has 0 saturated heterocycles. The topological polar surface area (TPSA) is 38.7 Å². The summed E-state index contributed by atoms with van der Waals surface area (Å²) in [4.78, 5) is 15.9. The zero-order chi connectivity index (χ0) is 33.3. The zero-order valence-electron chi connectivity index (χ0n) is 28.2. The summed E-state index contributed by atoms with van der Waals surface area (Å²) in [6.07, 6.45) is 6.87. The summed E-state index contributed by atoms with van der Waals surface area (Å²) < 4.78 is 2.55. The van der Waals surface area contributed by atoms with Crippen LogP contribution in [0.1, 0.15) is 43.2 Å². The lowest BCUT2D eigenvalue weighted by Gasteiger charge is -2.61. The Balaban J connectivity index is 1.12. The van der Waals surface area contributed by atoms with Gasteiger partial charge in [-0.2, -0.15) is 0 Å². The molecule has 3 nitrogen and oxygen atoms in total. The molecule has 5 aliphatic carbocycles. The maximum absolute atomic E-state index is 5.38. The first kappa shape index (κ1) is 28.5. The van der Waals surface area contributed by atoms with Crippen LogP contribution >= 0.6 is 11.3 Å². The second kappa shape index (κ2) is 10.4. The zero-order valence-corrected chi connectivity index (χ0v) is 29.0. The van der Waals surface area contributed by atoms with Gasteiger partial charge >= 0.3 is 0 Å². The highest BCUT2D eigenvalue weighted by Gasteiger charge is 2.62. The highest BCUT2D eigenvalue weighted by atomic mass is 32.1. The van der Waals surface area contributed by atoms with Crippen LogP contribution in [0.3, 0.4) is 0 Å². The number of aromatic nitrogens is 3. The van der Waals surface area contributed by atoms with E-state index in [2.05, 4.69) is 127 Å². The summed E-state index contributed by atoms with van der Waals surface area (Å²) in [6.45, 7) is 0. The Kier molecular flexibility index (Phi) is 5.83. The molecule has 0 atom stereocenters. The quantitative estimate of drug-likeness (QED) is 0.187. The van der Waals surface area contributed by atoms with Crippen molar-refractivity contribution in [3.05, 3.63) is 139 Å². The van der Waals surface area contributed by atoms with E-state index >= 15 is 0 Å². The number of thiophene rings is 1. The van der Waals surface area contributed by atoms with Crippen LogP contribution in [0.15, 0.2) is 127 Å². The second-order valence-corrected chi connectivity index (χ2v) is 16.7. The summed E-state index contributed by atoms with van der Waals surface area (Å²) >= 11 is 1.83. The van der Waals surface area contributed by atoms with Crippen molar-refractivity contribution < 1.29 is 0 Å². The predicted molar refractivity (Wildman–Crippen MR) is 210 cm³/mol. The van der Waals surface area contributed by atoms with Crippen LogP contribution in [0.4, 0.5) is 0 Å². The molecule has 0 N–H and O–H groups in total. The van der Waals surface area contributed by atoms with Crippen molar-refractivity contribution in [2.75, 3.05) is 0 Å². The second-order valence-electron chi connectivity index (χ2n) is 15.6. The highest BCUT2D eigenvalue weighted by Crippen LogP contribution is 2.70. The Morgan fingerprint density at radius 1 is 0.490 bits per heavy atom. The number of hydrogen-bond acceptors (Lipinski definition) is 4. The lowest BCUT2D eigenvalue weighted by Crippen LogP contribution is -2.55. The van der Waals surface area contributed by atoms with Crippen molar-refractivity contribution in [2.24, 2.45) is 23.7 Å². The van der Waals surface area contributed by atoms with Crippen LogP contribution in [0.5, 0.6) is 0 Å². The van der Waals surface area contributed by atoms with Crippen molar-refractivity contribution in [3.8, 4) is 45.3 Å². The van der Waals surface area contributed by atoms with Crippen LogP contribution < -0.4 is 0 Å². The van der Waals surface area contributed by atoms with E-state index in [1.807, 2.05) is 11.3 Å². The molecule has 0 aliphatic heterocycles. The lowest BCUT2D eigenvalue weighted by atomic mass is 9.43. The lowest BCUT2D eigenvalue weighted by molar-refractivity contribution is -0.0393. The van der Waals surface area contributed by atoms with Gasteiger partial charge in [0.25, 0.3) is 0 Å². The van der Waals surface area contributed by atoms with E-state index in [0.29, 0.717) is 17.7 Å². The van der Waals surface area contributed by atoms with Crippen molar-refractivity contribution >= 4 is 42.3 Å². The smallest absolute Gasteiger partial charge is 0.164 e. The van der Waals surface area contributed by atoms with Gasteiger partial charge in [-0.25, -0.2) is 15.0 Å². The van der Waals surface area contributed by atoms with E-state index in [4.69, 9.17) is 15.0 Å². The van der Waals surface area contributed by atoms with Crippen molar-refractivity contribution in [3.63, 3.8) is 0 Å². The maximum Gasteiger partial charge on any atom is 0.164 e. The van der Waals surface area contributed by atoms with Crippen LogP contribution in [-0.2, 0) is 5.41 Å². The minimum absolute atomic E-state index is 0.0410. The summed E-state index contributed by atoms with van der Waals surface area (Å²) in [6, 6.07) is 46.7. The summed E-state index contributed by atoms with van der Waals surface area (Å²) in [7, 11) is 0. The van der Waals surface area contributed by atoms with Crippen molar-refractivity contribution in [1.29, 1.82) is 0 Å². The van der Waals surface area contributed by atoms with Crippen molar-refractivity contribution in [2.45, 2.75) is 37.5 Å². The third-order valence-corrected chi connectivity index (χ3v) is 14.2. The van der Waals surface area contributed by atoms with Gasteiger partial charge in [-0.05, 0) is 101 Å². The number of hydrogen-bond donors (Lipinski definition) is 0. The van der Waals surface area contributed by atoms with Crippen LogP contribution in [0.25, 0.3) is 76.2 Å². The molecule has 5 aliphatic rings. The van der Waals surface area contributed by atoms with Crippen LogP contribution in [-0.4, -0.2) is 15.0 Å². The summed E-state index contributed by atoms with van der Waals surface area (Å²) in [5, 5.41) is 5.37. The first-order valence-corrected chi connectivity index (χ1v) is 19.4. The fourth-order valence-electron chi connectivity index (χ4n) is 11.4. The third-order valence-electron chi connectivity index (χ3n) is 13.1. The van der Waals surface area contributed by atoms with Gasteiger partial charge < -0.3 is 0 Å². The van der Waals surface area contributed by atoms with Gasteiger partial charge in [0.2, 0.25) is 0 Å². The Morgan fingerprint density at radius 2 is 1.18 bits per heavy atom. The molecule has 8 aromatic rings. The first-order valence-electron chi connectivity index (χ1n) is 18.6. The Morgan fingerprint density at radius 3 is 2.00 bits per heavy atom. The molecule has 4 bridgehead atoms. The number of fused-ring (bicyclic) bond motifs is 8. The molecule has 244 valence electrons. The predicted octanol–water partition coefficient (Wildman–Crippen LogP) is 12.1. The van der Waals surface area contributed by atoms with Gasteiger partial charge in [0.1, 0.15) is 0 Å². The molecule has 2 heterocycles. The molecule has 1 spiro atoms. The molecule has 4 heteroatoms. The molecule has 0 unspecified atom stereocenters. The average Bonchev–Trinajstić information content (AvgIpc) is 3.70. The van der Waals surface area contributed by atoms with Gasteiger partial charge in [0.15, 0.2) is 17.5 Å². The number of rotatable bonds is 3. The molecule has 0 radical (unpaired) electrons. The summed E-state index contributed by atoms with van der Waals surface area (Å²) in [5.74, 6) is 5.33. The molecule has 4 saturated carbocycles. The van der Waals surface area contributed by atoms with Crippen molar-refractivity contribution in [1.82, 2.24) is 15.0 Å². The van der Waals surface area contributed by atoms with Crippen LogP contribution in [0.2, 0.25) is 0 Å². The number of benzene rings is 6. The molecular weight excluding hydrogens is 639 g/mol. The molecule has 2 aromatic heterocycles. The minimum atomic E-state index is 0.0410. The standard InChI is InChI=1S/C47H35N3S/c1-2-10-30(11-3-1)44-48-45(31-18-19-36-35-13-6-7-16-40(35)51-41(36)26-31)50-46(49-44)38-14-8-15-39-42(38)37-20-17-29-9-4-5-12-34(29)43(37)47(39)32-22-27-21-28(24-32)25-33(47)23-27/h1-20,26-28,32-33H,21-25H2. The molecule has 51 heavy (non-hydrogen) atoms. The Bertz CT molecular complexity index is 2700. The van der Waals surface area contributed by atoms with E-state index in [-0.39, 0.29) is 5.41 Å². The number of nitrogens with zero attached hydrogens (tertiary/aromatic N) is 3. The van der Waals surface area contributed by atoms with E-state index in [1.54, 1.807) is 5.56 Å². The Labute approximate surface area is 301 Å². The molecule has 6 aromatic carbocycles. The van der Waals surface area contributed by atoms with Gasteiger partial charge in [-0.1, -0.05) is 115 Å². The normalized spacial score (nSPS) is 24.2. The highest BCUT2D eigenvalue weighted by molar-refractivity contribution is 7.25. The van der Waals surface area contributed by atoms with E-state index in [0.717, 1.165) is 40.2 Å². The molecule has 13 rings (SSSR count). The fraction of sp³-hybridized carbons (Fsp3) is 0.213.